The van der Waals surface area contributed by atoms with Crippen LogP contribution >= 0.6 is 0 Å². The fourth-order valence-corrected chi connectivity index (χ4v) is 2.14. The van der Waals surface area contributed by atoms with Gasteiger partial charge in [-0.15, -0.1) is 5.10 Å². The van der Waals surface area contributed by atoms with E-state index >= 15 is 0 Å². The van der Waals surface area contributed by atoms with Gasteiger partial charge in [-0.25, -0.2) is 9.66 Å². The van der Waals surface area contributed by atoms with Crippen LogP contribution in [0.2, 0.25) is 0 Å². The van der Waals surface area contributed by atoms with Crippen LogP contribution in [0.4, 0.5) is 0 Å². The lowest BCUT2D eigenvalue weighted by molar-refractivity contribution is -0.120. The first-order chi connectivity index (χ1) is 11.1. The minimum absolute atomic E-state index is 0.148. The van der Waals surface area contributed by atoms with Gasteiger partial charge in [0.1, 0.15) is 13.2 Å². The van der Waals surface area contributed by atoms with Crippen molar-refractivity contribution in [1.82, 2.24) is 24.3 Å². The molecule has 1 amide bonds. The molecule has 3 aromatic heterocycles. The number of rotatable bonds is 5. The summed E-state index contributed by atoms with van der Waals surface area (Å²) in [7, 11) is 2.93. The largest absolute Gasteiger partial charge is 0.377 e. The van der Waals surface area contributed by atoms with Crippen molar-refractivity contribution < 1.29 is 14.3 Å². The standard InChI is InChI=1S/C13H14N6O4/c1-22-6-10-15-13-14-5-8-9(19(13)16-10)3-4-18(12(8)21)17-11(20)7-23-2/h3-5H,6-7H2,1-2H3,(H,17,20). The molecule has 0 unspecified atom stereocenters. The van der Waals surface area contributed by atoms with Crippen molar-refractivity contribution in [1.29, 1.82) is 0 Å². The Hall–Kier alpha value is -2.85. The molecule has 0 saturated heterocycles. The summed E-state index contributed by atoms with van der Waals surface area (Å²) in [5.41, 5.74) is 2.53. The lowest BCUT2D eigenvalue weighted by atomic mass is 10.3. The van der Waals surface area contributed by atoms with E-state index in [0.29, 0.717) is 22.5 Å². The predicted molar refractivity (Wildman–Crippen MR) is 79.5 cm³/mol. The van der Waals surface area contributed by atoms with E-state index in [-0.39, 0.29) is 13.2 Å². The van der Waals surface area contributed by atoms with Crippen molar-refractivity contribution in [2.45, 2.75) is 6.61 Å². The smallest absolute Gasteiger partial charge is 0.280 e. The van der Waals surface area contributed by atoms with Gasteiger partial charge in [0, 0.05) is 26.6 Å². The minimum atomic E-state index is -0.439. The second-order valence-corrected chi connectivity index (χ2v) is 4.69. The van der Waals surface area contributed by atoms with E-state index in [2.05, 4.69) is 20.5 Å². The number of nitrogens with one attached hydrogen (secondary N) is 1. The second kappa shape index (κ2) is 6.10. The van der Waals surface area contributed by atoms with Crippen molar-refractivity contribution >= 4 is 22.6 Å². The van der Waals surface area contributed by atoms with Crippen molar-refractivity contribution in [2.75, 3.05) is 26.3 Å². The Kier molecular flexibility index (Phi) is 4.00. The molecule has 3 heterocycles. The van der Waals surface area contributed by atoms with Crippen LogP contribution in [0.15, 0.2) is 23.3 Å². The number of aromatic nitrogens is 5. The Labute approximate surface area is 129 Å². The molecule has 0 radical (unpaired) electrons. The maximum absolute atomic E-state index is 12.4. The molecule has 3 aromatic rings. The van der Waals surface area contributed by atoms with E-state index < -0.39 is 11.5 Å². The van der Waals surface area contributed by atoms with Crippen LogP contribution in [0.25, 0.3) is 16.7 Å². The molecular formula is C13H14N6O4. The molecule has 1 N–H and O–H groups in total. The molecule has 23 heavy (non-hydrogen) atoms. The van der Waals surface area contributed by atoms with Crippen LogP contribution < -0.4 is 11.0 Å². The molecule has 0 fully saturated rings. The zero-order valence-corrected chi connectivity index (χ0v) is 12.5. The molecule has 0 bridgehead atoms. The number of nitrogens with zero attached hydrogens (tertiary/aromatic N) is 5. The van der Waals surface area contributed by atoms with Crippen LogP contribution in [0, 0.1) is 0 Å². The number of fused-ring (bicyclic) bond motifs is 3. The maximum Gasteiger partial charge on any atom is 0.280 e. The molecule has 0 aliphatic heterocycles. The monoisotopic (exact) mass is 318 g/mol. The number of amides is 1. The van der Waals surface area contributed by atoms with Gasteiger partial charge in [0.25, 0.3) is 17.2 Å². The normalized spacial score (nSPS) is 11.2. The highest BCUT2D eigenvalue weighted by atomic mass is 16.5. The third-order valence-corrected chi connectivity index (χ3v) is 3.07. The van der Waals surface area contributed by atoms with Gasteiger partial charge in [0.15, 0.2) is 5.82 Å². The van der Waals surface area contributed by atoms with Crippen LogP contribution in [-0.4, -0.2) is 51.0 Å². The summed E-state index contributed by atoms with van der Waals surface area (Å²) in [6.07, 6.45) is 2.84. The maximum atomic E-state index is 12.4. The van der Waals surface area contributed by atoms with Crippen LogP contribution in [0.1, 0.15) is 5.82 Å². The van der Waals surface area contributed by atoms with Crippen LogP contribution in [0.3, 0.4) is 0 Å². The number of ether oxygens (including phenoxy) is 2. The quantitative estimate of drug-likeness (QED) is 0.662. The summed E-state index contributed by atoms with van der Waals surface area (Å²) in [5.74, 6) is 0.390. The van der Waals surface area contributed by atoms with Crippen LogP contribution in [0.5, 0.6) is 0 Å². The third kappa shape index (κ3) is 2.76. The molecule has 0 atom stereocenters. The molecule has 0 spiro atoms. The van der Waals surface area contributed by atoms with Crippen molar-refractivity contribution in [3.05, 3.63) is 34.6 Å². The Balaban J connectivity index is 2.09. The molecule has 0 aliphatic carbocycles. The van der Waals surface area contributed by atoms with E-state index in [0.717, 1.165) is 4.68 Å². The van der Waals surface area contributed by atoms with Crippen LogP contribution in [-0.2, 0) is 20.9 Å². The Bertz CT molecular complexity index is 931. The third-order valence-electron chi connectivity index (χ3n) is 3.07. The summed E-state index contributed by atoms with van der Waals surface area (Å²) in [6, 6.07) is 1.64. The number of carbonyl (C=O) groups is 1. The zero-order valence-electron chi connectivity index (χ0n) is 12.5. The fraction of sp³-hybridized carbons (Fsp3) is 0.308. The number of carbonyl (C=O) groups excluding carboxylic acids is 1. The SMILES string of the molecule is COCC(=O)Nn1ccc2c(cnc3nc(COC)nn32)c1=O. The first kappa shape index (κ1) is 15.1. The van der Waals surface area contributed by atoms with Gasteiger partial charge in [-0.2, -0.15) is 9.50 Å². The lowest BCUT2D eigenvalue weighted by Crippen LogP contribution is -2.34. The van der Waals surface area contributed by atoms with E-state index in [1.165, 1.54) is 24.0 Å². The molecule has 0 saturated carbocycles. The van der Waals surface area contributed by atoms with E-state index in [9.17, 15) is 9.59 Å². The average Bonchev–Trinajstić information content (AvgIpc) is 2.93. The topological polar surface area (TPSA) is 113 Å². The van der Waals surface area contributed by atoms with Crippen molar-refractivity contribution in [2.24, 2.45) is 0 Å². The number of methoxy groups -OCH3 is 2. The van der Waals surface area contributed by atoms with E-state index in [1.54, 1.807) is 13.2 Å². The number of pyridine rings is 1. The average molecular weight is 318 g/mol. The summed E-state index contributed by atoms with van der Waals surface area (Å²) < 4.78 is 12.2. The Morgan fingerprint density at radius 2 is 2.17 bits per heavy atom. The first-order valence-corrected chi connectivity index (χ1v) is 6.68. The highest BCUT2D eigenvalue weighted by Crippen LogP contribution is 2.10. The molecule has 0 aliphatic rings. The lowest BCUT2D eigenvalue weighted by Gasteiger charge is -2.08. The van der Waals surface area contributed by atoms with Gasteiger partial charge in [0.2, 0.25) is 0 Å². The van der Waals surface area contributed by atoms with Gasteiger partial charge in [-0.3, -0.25) is 15.0 Å². The van der Waals surface area contributed by atoms with Gasteiger partial charge in [0.05, 0.1) is 10.9 Å². The number of hydrogen-bond donors (Lipinski definition) is 1. The molecule has 10 heteroatoms. The van der Waals surface area contributed by atoms with Crippen molar-refractivity contribution in [3.63, 3.8) is 0 Å². The summed E-state index contributed by atoms with van der Waals surface area (Å²) >= 11 is 0. The highest BCUT2D eigenvalue weighted by Gasteiger charge is 2.12. The van der Waals surface area contributed by atoms with Crippen molar-refractivity contribution in [3.8, 4) is 0 Å². The minimum Gasteiger partial charge on any atom is -0.377 e. The highest BCUT2D eigenvalue weighted by molar-refractivity contribution is 5.85. The molecule has 10 nitrogen and oxygen atoms in total. The Morgan fingerprint density at radius 1 is 1.35 bits per heavy atom. The van der Waals surface area contributed by atoms with Gasteiger partial charge >= 0.3 is 0 Å². The van der Waals surface area contributed by atoms with E-state index in [1.807, 2.05) is 0 Å². The van der Waals surface area contributed by atoms with Gasteiger partial charge in [-0.05, 0) is 6.07 Å². The van der Waals surface area contributed by atoms with Gasteiger partial charge < -0.3 is 9.47 Å². The predicted octanol–water partition coefficient (Wildman–Crippen LogP) is -0.698. The molecule has 0 aromatic carbocycles. The van der Waals surface area contributed by atoms with Gasteiger partial charge in [-0.1, -0.05) is 0 Å². The summed E-state index contributed by atoms with van der Waals surface area (Å²) in [5, 5.41) is 4.55. The fourth-order valence-electron chi connectivity index (χ4n) is 2.14. The second-order valence-electron chi connectivity index (χ2n) is 4.69. The Morgan fingerprint density at radius 3 is 2.91 bits per heavy atom. The summed E-state index contributed by atoms with van der Waals surface area (Å²) in [4.78, 5) is 32.3. The molecular weight excluding hydrogens is 304 g/mol. The molecule has 3 rings (SSSR count). The zero-order chi connectivity index (χ0) is 16.4. The summed E-state index contributed by atoms with van der Waals surface area (Å²) in [6.45, 7) is 0.0974. The first-order valence-electron chi connectivity index (χ1n) is 6.68. The molecule has 120 valence electrons. The van der Waals surface area contributed by atoms with E-state index in [4.69, 9.17) is 9.47 Å². The number of hydrogen-bond acceptors (Lipinski definition) is 7.